The van der Waals surface area contributed by atoms with E-state index < -0.39 is 12.0 Å². The summed E-state index contributed by atoms with van der Waals surface area (Å²) in [5.41, 5.74) is 0.592. The van der Waals surface area contributed by atoms with Crippen molar-refractivity contribution in [3.8, 4) is 0 Å². The van der Waals surface area contributed by atoms with Gasteiger partial charge in [-0.25, -0.2) is 4.79 Å². The first kappa shape index (κ1) is 15.5. The van der Waals surface area contributed by atoms with Gasteiger partial charge in [-0.1, -0.05) is 36.8 Å². The molecule has 1 aliphatic rings. The van der Waals surface area contributed by atoms with Crippen molar-refractivity contribution in [3.05, 3.63) is 35.9 Å². The Morgan fingerprint density at radius 2 is 2.05 bits per heavy atom. The lowest BCUT2D eigenvalue weighted by molar-refractivity contribution is -0.142. The van der Waals surface area contributed by atoms with Crippen LogP contribution < -0.4 is 10.6 Å². The predicted molar refractivity (Wildman–Crippen MR) is 79.8 cm³/mol. The van der Waals surface area contributed by atoms with Crippen LogP contribution in [0.1, 0.15) is 43.7 Å². The third-order valence-corrected chi connectivity index (χ3v) is 3.82. The fourth-order valence-electron chi connectivity index (χ4n) is 2.64. The van der Waals surface area contributed by atoms with E-state index in [1.165, 1.54) is 12.8 Å². The number of hydrogen-bond acceptors (Lipinski definition) is 3. The van der Waals surface area contributed by atoms with Gasteiger partial charge < -0.3 is 15.7 Å². The van der Waals surface area contributed by atoms with Crippen molar-refractivity contribution in [3.63, 3.8) is 0 Å². The lowest BCUT2D eigenvalue weighted by Crippen LogP contribution is -2.37. The number of aliphatic carboxylic acids is 1. The number of carboxylic acid groups (broad SMARTS) is 1. The number of hydrogen-bond donors (Lipinski definition) is 3. The largest absolute Gasteiger partial charge is 0.479 e. The van der Waals surface area contributed by atoms with Crippen molar-refractivity contribution in [2.24, 2.45) is 0 Å². The number of carboxylic acids is 1. The van der Waals surface area contributed by atoms with Gasteiger partial charge in [-0.2, -0.15) is 0 Å². The molecule has 2 rings (SSSR count). The first-order valence-electron chi connectivity index (χ1n) is 7.47. The summed E-state index contributed by atoms with van der Waals surface area (Å²) in [6.45, 7) is 1.01. The molecule has 0 bridgehead atoms. The molecule has 3 N–H and O–H groups in total. The molecule has 1 unspecified atom stereocenters. The minimum Gasteiger partial charge on any atom is -0.479 e. The third-order valence-electron chi connectivity index (χ3n) is 3.82. The second-order valence-electron chi connectivity index (χ2n) is 5.43. The molecule has 1 fully saturated rings. The predicted octanol–water partition coefficient (Wildman–Crippen LogP) is 1.85. The molecule has 5 heteroatoms. The van der Waals surface area contributed by atoms with Crippen LogP contribution in [0, 0.1) is 0 Å². The zero-order valence-electron chi connectivity index (χ0n) is 12.0. The number of rotatable bonds is 6. The summed E-state index contributed by atoms with van der Waals surface area (Å²) in [5.74, 6) is -1.25. The highest BCUT2D eigenvalue weighted by molar-refractivity contribution is 5.84. The van der Waals surface area contributed by atoms with E-state index in [2.05, 4.69) is 10.6 Å². The van der Waals surface area contributed by atoms with E-state index >= 15 is 0 Å². The molecule has 1 aromatic rings. The van der Waals surface area contributed by atoms with Crippen LogP contribution >= 0.6 is 0 Å². The summed E-state index contributed by atoms with van der Waals surface area (Å²) >= 11 is 0. The highest BCUT2D eigenvalue weighted by atomic mass is 16.4. The molecule has 114 valence electrons. The van der Waals surface area contributed by atoms with Crippen LogP contribution in [0.4, 0.5) is 0 Å². The van der Waals surface area contributed by atoms with Crippen molar-refractivity contribution < 1.29 is 14.7 Å². The van der Waals surface area contributed by atoms with Gasteiger partial charge in [-0.05, 0) is 31.4 Å². The number of piperidine rings is 1. The normalized spacial score (nSPS) is 19.7. The molecule has 0 spiro atoms. The molecule has 0 radical (unpaired) electrons. The van der Waals surface area contributed by atoms with E-state index in [0.717, 1.165) is 19.4 Å². The first-order valence-corrected chi connectivity index (χ1v) is 7.47. The SMILES string of the molecule is O=C(CCC1CCCCN1)N[C@@H](C(=O)O)c1ccccc1. The molecule has 5 nitrogen and oxygen atoms in total. The summed E-state index contributed by atoms with van der Waals surface area (Å²) in [5, 5.41) is 15.3. The molecule has 21 heavy (non-hydrogen) atoms. The first-order chi connectivity index (χ1) is 10.2. The van der Waals surface area contributed by atoms with Gasteiger partial charge in [0.1, 0.15) is 0 Å². The molecule has 1 saturated heterocycles. The van der Waals surface area contributed by atoms with Crippen molar-refractivity contribution in [1.29, 1.82) is 0 Å². The average Bonchev–Trinajstić information content (AvgIpc) is 2.52. The molecular weight excluding hydrogens is 268 g/mol. The molecule has 0 saturated carbocycles. The van der Waals surface area contributed by atoms with Gasteiger partial charge >= 0.3 is 5.97 Å². The second-order valence-corrected chi connectivity index (χ2v) is 5.43. The lowest BCUT2D eigenvalue weighted by atomic mass is 10.00. The van der Waals surface area contributed by atoms with Crippen molar-refractivity contribution in [2.45, 2.75) is 44.2 Å². The zero-order valence-corrected chi connectivity index (χ0v) is 12.0. The van der Waals surface area contributed by atoms with E-state index in [1.54, 1.807) is 24.3 Å². The molecule has 1 aliphatic heterocycles. The average molecular weight is 290 g/mol. The summed E-state index contributed by atoms with van der Waals surface area (Å²) in [6.07, 6.45) is 4.59. The molecule has 1 aromatic carbocycles. The Hall–Kier alpha value is -1.88. The van der Waals surface area contributed by atoms with Crippen molar-refractivity contribution >= 4 is 11.9 Å². The van der Waals surface area contributed by atoms with Crippen LogP contribution in [-0.4, -0.2) is 29.6 Å². The van der Waals surface area contributed by atoms with Gasteiger partial charge in [0.05, 0.1) is 0 Å². The molecular formula is C16H22N2O3. The zero-order chi connectivity index (χ0) is 15.1. The Morgan fingerprint density at radius 1 is 1.29 bits per heavy atom. The maximum absolute atomic E-state index is 12.0. The summed E-state index contributed by atoms with van der Waals surface area (Å²) < 4.78 is 0. The maximum atomic E-state index is 12.0. The number of amides is 1. The van der Waals surface area contributed by atoms with Gasteiger partial charge in [0.15, 0.2) is 6.04 Å². The molecule has 0 aliphatic carbocycles. The number of benzene rings is 1. The molecule has 1 heterocycles. The number of carbonyl (C=O) groups is 2. The smallest absolute Gasteiger partial charge is 0.330 e. The second kappa shape index (κ2) is 7.78. The van der Waals surface area contributed by atoms with Gasteiger partial charge in [0, 0.05) is 12.5 Å². The van der Waals surface area contributed by atoms with E-state index in [1.807, 2.05) is 6.07 Å². The van der Waals surface area contributed by atoms with E-state index in [-0.39, 0.29) is 5.91 Å². The Kier molecular flexibility index (Phi) is 5.75. The van der Waals surface area contributed by atoms with Gasteiger partial charge in [-0.15, -0.1) is 0 Å². The Morgan fingerprint density at radius 3 is 2.67 bits per heavy atom. The van der Waals surface area contributed by atoms with E-state index in [4.69, 9.17) is 0 Å². The Labute approximate surface area is 124 Å². The Bertz CT molecular complexity index is 470. The van der Waals surface area contributed by atoms with Crippen LogP contribution in [-0.2, 0) is 9.59 Å². The van der Waals surface area contributed by atoms with Crippen molar-refractivity contribution in [2.75, 3.05) is 6.54 Å². The third kappa shape index (κ3) is 4.86. The van der Waals surface area contributed by atoms with Gasteiger partial charge in [-0.3, -0.25) is 4.79 Å². The maximum Gasteiger partial charge on any atom is 0.330 e. The minimum atomic E-state index is -1.04. The van der Waals surface area contributed by atoms with Crippen LogP contribution in [0.5, 0.6) is 0 Å². The molecule has 2 atom stereocenters. The van der Waals surface area contributed by atoms with Crippen molar-refractivity contribution in [1.82, 2.24) is 10.6 Å². The van der Waals surface area contributed by atoms with Crippen LogP contribution in [0.15, 0.2) is 30.3 Å². The van der Waals surface area contributed by atoms with Crippen LogP contribution in [0.25, 0.3) is 0 Å². The quantitative estimate of drug-likeness (QED) is 0.747. The Balaban J connectivity index is 1.85. The molecule has 0 aromatic heterocycles. The number of carbonyl (C=O) groups excluding carboxylic acids is 1. The number of nitrogens with one attached hydrogen (secondary N) is 2. The highest BCUT2D eigenvalue weighted by Gasteiger charge is 2.22. The highest BCUT2D eigenvalue weighted by Crippen LogP contribution is 2.15. The fraction of sp³-hybridized carbons (Fsp3) is 0.500. The van der Waals surface area contributed by atoms with Gasteiger partial charge in [0.2, 0.25) is 5.91 Å². The van der Waals surface area contributed by atoms with Crippen LogP contribution in [0.2, 0.25) is 0 Å². The van der Waals surface area contributed by atoms with Gasteiger partial charge in [0.25, 0.3) is 0 Å². The summed E-state index contributed by atoms with van der Waals surface area (Å²) in [7, 11) is 0. The molecule has 1 amide bonds. The summed E-state index contributed by atoms with van der Waals surface area (Å²) in [4.78, 5) is 23.3. The summed E-state index contributed by atoms with van der Waals surface area (Å²) in [6, 6.07) is 8.18. The monoisotopic (exact) mass is 290 g/mol. The van der Waals surface area contributed by atoms with E-state index in [0.29, 0.717) is 18.0 Å². The van der Waals surface area contributed by atoms with Crippen LogP contribution in [0.3, 0.4) is 0 Å². The lowest BCUT2D eigenvalue weighted by Gasteiger charge is -2.23. The standard InChI is InChI=1S/C16H22N2O3/c19-14(10-9-13-8-4-5-11-17-13)18-15(16(20)21)12-6-2-1-3-7-12/h1-3,6-7,13,15,17H,4-5,8-11H2,(H,18,19)(H,20,21)/t13?,15-/m1/s1. The minimum absolute atomic E-state index is 0.210. The fourth-order valence-corrected chi connectivity index (χ4v) is 2.64. The topological polar surface area (TPSA) is 78.4 Å². The van der Waals surface area contributed by atoms with E-state index in [9.17, 15) is 14.7 Å².